The van der Waals surface area contributed by atoms with Crippen molar-refractivity contribution in [2.24, 2.45) is 0 Å². The number of methoxy groups -OCH3 is 1. The minimum absolute atomic E-state index is 0.237. The summed E-state index contributed by atoms with van der Waals surface area (Å²) in [5, 5.41) is 3.52. The summed E-state index contributed by atoms with van der Waals surface area (Å²) in [6.07, 6.45) is 3.75. The van der Waals surface area contributed by atoms with E-state index in [0.29, 0.717) is 29.9 Å². The Morgan fingerprint density at radius 3 is 3.11 bits per heavy atom. The molecule has 3 nitrogen and oxygen atoms in total. The summed E-state index contributed by atoms with van der Waals surface area (Å²) in [4.78, 5) is 2.56. The minimum atomic E-state index is -0.237. The molecule has 0 aromatic heterocycles. The zero-order chi connectivity index (χ0) is 13.2. The van der Waals surface area contributed by atoms with Gasteiger partial charge in [-0.25, -0.2) is 4.39 Å². The predicted octanol–water partition coefficient (Wildman–Crippen LogP) is 2.16. The lowest BCUT2D eigenvalue weighted by Gasteiger charge is -2.21. The van der Waals surface area contributed by atoms with Crippen LogP contribution in [0.25, 0.3) is 0 Å². The summed E-state index contributed by atoms with van der Waals surface area (Å²) in [5.74, 6) is 0.0898. The summed E-state index contributed by atoms with van der Waals surface area (Å²) in [6, 6.07) is 6.50. The number of rotatable bonds is 4. The molecule has 0 spiro atoms. The molecule has 3 rings (SSSR count). The topological polar surface area (TPSA) is 24.5 Å². The van der Waals surface area contributed by atoms with Gasteiger partial charge in [0.05, 0.1) is 7.11 Å². The molecule has 0 aliphatic carbocycles. The van der Waals surface area contributed by atoms with Gasteiger partial charge < -0.3 is 10.1 Å². The highest BCUT2D eigenvalue weighted by atomic mass is 19.1. The third kappa shape index (κ3) is 2.47. The lowest BCUT2D eigenvalue weighted by atomic mass is 10.1. The monoisotopic (exact) mass is 264 g/mol. The molecule has 2 unspecified atom stereocenters. The normalized spacial score (nSPS) is 26.6. The highest BCUT2D eigenvalue weighted by molar-refractivity contribution is 5.31. The smallest absolute Gasteiger partial charge is 0.169 e. The van der Waals surface area contributed by atoms with Gasteiger partial charge in [-0.05, 0) is 31.9 Å². The number of ether oxygens (including phenoxy) is 1. The fourth-order valence-corrected chi connectivity index (χ4v) is 3.41. The van der Waals surface area contributed by atoms with E-state index in [1.165, 1.54) is 39.5 Å². The summed E-state index contributed by atoms with van der Waals surface area (Å²) in [5.41, 5.74) is 0.691. The molecule has 1 aromatic rings. The maximum absolute atomic E-state index is 14.0. The summed E-state index contributed by atoms with van der Waals surface area (Å²) >= 11 is 0. The van der Waals surface area contributed by atoms with Crippen molar-refractivity contribution < 1.29 is 9.13 Å². The van der Waals surface area contributed by atoms with Gasteiger partial charge in [0.25, 0.3) is 0 Å². The van der Waals surface area contributed by atoms with Crippen molar-refractivity contribution in [1.82, 2.24) is 10.2 Å². The highest BCUT2D eigenvalue weighted by Crippen LogP contribution is 2.28. The summed E-state index contributed by atoms with van der Waals surface area (Å²) in [6.45, 7) is 3.00. The molecule has 0 amide bonds. The van der Waals surface area contributed by atoms with Crippen molar-refractivity contribution in [1.29, 1.82) is 0 Å². The van der Waals surface area contributed by atoms with Crippen LogP contribution in [-0.2, 0) is 6.54 Å². The number of benzene rings is 1. The van der Waals surface area contributed by atoms with E-state index in [9.17, 15) is 4.39 Å². The van der Waals surface area contributed by atoms with Crippen LogP contribution >= 0.6 is 0 Å². The zero-order valence-electron chi connectivity index (χ0n) is 11.4. The molecule has 19 heavy (non-hydrogen) atoms. The molecule has 104 valence electrons. The van der Waals surface area contributed by atoms with E-state index >= 15 is 0 Å². The van der Waals surface area contributed by atoms with E-state index in [1.807, 2.05) is 12.1 Å². The second kappa shape index (κ2) is 5.47. The molecule has 2 aliphatic rings. The van der Waals surface area contributed by atoms with Gasteiger partial charge in [-0.1, -0.05) is 12.1 Å². The van der Waals surface area contributed by atoms with Crippen LogP contribution in [0.1, 0.15) is 24.8 Å². The number of halogens is 1. The van der Waals surface area contributed by atoms with Crippen molar-refractivity contribution in [3.63, 3.8) is 0 Å². The number of nitrogens with zero attached hydrogens (tertiary/aromatic N) is 1. The Labute approximate surface area is 113 Å². The number of hydrogen-bond donors (Lipinski definition) is 1. The lowest BCUT2D eigenvalue weighted by Crippen LogP contribution is -2.38. The Bertz CT molecular complexity index is 452. The number of hydrogen-bond acceptors (Lipinski definition) is 3. The maximum atomic E-state index is 14.0. The van der Waals surface area contributed by atoms with E-state index < -0.39 is 0 Å². The van der Waals surface area contributed by atoms with Crippen molar-refractivity contribution in [2.45, 2.75) is 37.9 Å². The largest absolute Gasteiger partial charge is 0.494 e. The van der Waals surface area contributed by atoms with Crippen molar-refractivity contribution in [3.05, 3.63) is 29.6 Å². The van der Waals surface area contributed by atoms with Crippen LogP contribution in [0.5, 0.6) is 5.75 Å². The average Bonchev–Trinajstić information content (AvgIpc) is 3.01. The molecule has 2 saturated heterocycles. The van der Waals surface area contributed by atoms with Crippen molar-refractivity contribution >= 4 is 0 Å². The molecular formula is C15H21FN2O. The fraction of sp³-hybridized carbons (Fsp3) is 0.600. The molecule has 2 heterocycles. The van der Waals surface area contributed by atoms with Gasteiger partial charge in [0.2, 0.25) is 0 Å². The van der Waals surface area contributed by atoms with Crippen LogP contribution in [0.4, 0.5) is 4.39 Å². The third-order valence-electron chi connectivity index (χ3n) is 4.42. The van der Waals surface area contributed by atoms with E-state index in [4.69, 9.17) is 4.74 Å². The van der Waals surface area contributed by atoms with Gasteiger partial charge in [0, 0.05) is 30.7 Å². The Morgan fingerprint density at radius 2 is 2.26 bits per heavy atom. The van der Waals surface area contributed by atoms with E-state index in [1.54, 1.807) is 6.07 Å². The first kappa shape index (κ1) is 12.9. The average molecular weight is 264 g/mol. The van der Waals surface area contributed by atoms with Gasteiger partial charge in [-0.3, -0.25) is 4.90 Å². The quantitative estimate of drug-likeness (QED) is 0.902. The van der Waals surface area contributed by atoms with E-state index in [-0.39, 0.29) is 5.82 Å². The molecule has 1 aromatic carbocycles. The van der Waals surface area contributed by atoms with Crippen LogP contribution in [-0.4, -0.2) is 37.2 Å². The fourth-order valence-electron chi connectivity index (χ4n) is 3.41. The standard InChI is InChI=1S/C15H21FN2O/c1-19-14-6-2-4-11(15(14)16)10-17-12-7-9-18-8-3-5-13(12)18/h2,4,6,12-13,17H,3,5,7-10H2,1H3. The first-order chi connectivity index (χ1) is 9.29. The molecule has 0 radical (unpaired) electrons. The molecule has 2 atom stereocenters. The van der Waals surface area contributed by atoms with Gasteiger partial charge >= 0.3 is 0 Å². The summed E-state index contributed by atoms with van der Waals surface area (Å²) in [7, 11) is 1.50. The molecule has 0 saturated carbocycles. The SMILES string of the molecule is COc1cccc(CNC2CCN3CCCC23)c1F. The van der Waals surface area contributed by atoms with Crippen LogP contribution in [0, 0.1) is 5.82 Å². The van der Waals surface area contributed by atoms with Crippen LogP contribution in [0.3, 0.4) is 0 Å². The molecule has 0 bridgehead atoms. The van der Waals surface area contributed by atoms with E-state index in [0.717, 1.165) is 0 Å². The molecule has 2 aliphatic heterocycles. The van der Waals surface area contributed by atoms with Gasteiger partial charge in [0.1, 0.15) is 0 Å². The Balaban J connectivity index is 1.63. The molecule has 1 N–H and O–H groups in total. The van der Waals surface area contributed by atoms with Gasteiger partial charge in [-0.2, -0.15) is 0 Å². The first-order valence-corrected chi connectivity index (χ1v) is 7.08. The lowest BCUT2D eigenvalue weighted by molar-refractivity contribution is 0.298. The van der Waals surface area contributed by atoms with Gasteiger partial charge in [-0.15, -0.1) is 0 Å². The Kier molecular flexibility index (Phi) is 3.71. The summed E-state index contributed by atoms with van der Waals surface area (Å²) < 4.78 is 19.1. The zero-order valence-corrected chi connectivity index (χ0v) is 11.4. The molecule has 2 fully saturated rings. The number of nitrogens with one attached hydrogen (secondary N) is 1. The van der Waals surface area contributed by atoms with E-state index in [2.05, 4.69) is 10.2 Å². The minimum Gasteiger partial charge on any atom is -0.494 e. The second-order valence-electron chi connectivity index (χ2n) is 5.45. The van der Waals surface area contributed by atoms with Gasteiger partial charge in [0.15, 0.2) is 11.6 Å². The van der Waals surface area contributed by atoms with Crippen LogP contribution in [0.15, 0.2) is 18.2 Å². The van der Waals surface area contributed by atoms with Crippen molar-refractivity contribution in [2.75, 3.05) is 20.2 Å². The van der Waals surface area contributed by atoms with Crippen molar-refractivity contribution in [3.8, 4) is 5.75 Å². The van der Waals surface area contributed by atoms with Crippen LogP contribution < -0.4 is 10.1 Å². The highest BCUT2D eigenvalue weighted by Gasteiger charge is 2.36. The third-order valence-corrected chi connectivity index (χ3v) is 4.42. The predicted molar refractivity (Wildman–Crippen MR) is 72.8 cm³/mol. The first-order valence-electron chi connectivity index (χ1n) is 7.08. The Morgan fingerprint density at radius 1 is 1.37 bits per heavy atom. The second-order valence-corrected chi connectivity index (χ2v) is 5.45. The Hall–Kier alpha value is -1.13. The number of fused-ring (bicyclic) bond motifs is 1. The molecule has 4 heteroatoms. The van der Waals surface area contributed by atoms with Crippen LogP contribution in [0.2, 0.25) is 0 Å². The maximum Gasteiger partial charge on any atom is 0.169 e. The molecular weight excluding hydrogens is 243 g/mol.